The maximum Gasteiger partial charge on any atom is 0.258 e. The quantitative estimate of drug-likeness (QED) is 0.698. The molecule has 0 aliphatic rings. The molecule has 5 nitrogen and oxygen atoms in total. The molecule has 2 heterocycles. The number of benzene rings is 1. The smallest absolute Gasteiger partial charge is 0.258 e. The van der Waals surface area contributed by atoms with Gasteiger partial charge in [0.15, 0.2) is 4.96 Å². The van der Waals surface area contributed by atoms with E-state index in [0.29, 0.717) is 33.7 Å². The molecule has 0 saturated heterocycles. The number of aromatic nitrogens is 2. The molecule has 0 atom stereocenters. The number of thiazole rings is 1. The first-order chi connectivity index (χ1) is 12.0. The van der Waals surface area contributed by atoms with Crippen molar-refractivity contribution in [2.45, 2.75) is 19.2 Å². The third-order valence-corrected chi connectivity index (χ3v) is 5.68. The van der Waals surface area contributed by atoms with E-state index in [-0.39, 0.29) is 11.5 Å². The maximum absolute atomic E-state index is 12.1. The molecule has 3 rings (SSSR count). The molecule has 0 bridgehead atoms. The van der Waals surface area contributed by atoms with Crippen molar-refractivity contribution < 1.29 is 4.79 Å². The van der Waals surface area contributed by atoms with Crippen LogP contribution in [0.15, 0.2) is 40.5 Å². The van der Waals surface area contributed by atoms with Crippen LogP contribution in [0.3, 0.4) is 0 Å². The average molecular weight is 394 g/mol. The lowest BCUT2D eigenvalue weighted by Crippen LogP contribution is -2.24. The maximum atomic E-state index is 12.1. The van der Waals surface area contributed by atoms with Gasteiger partial charge in [-0.15, -0.1) is 23.1 Å². The Labute approximate surface area is 158 Å². The highest BCUT2D eigenvalue weighted by Gasteiger charge is 2.08. The second kappa shape index (κ2) is 8.03. The van der Waals surface area contributed by atoms with Crippen LogP contribution in [0, 0.1) is 6.92 Å². The summed E-state index contributed by atoms with van der Waals surface area (Å²) in [6.45, 7) is 2.35. The molecule has 1 N–H and O–H groups in total. The molecule has 1 amide bonds. The summed E-state index contributed by atoms with van der Waals surface area (Å²) in [6, 6.07) is 8.89. The number of thioether (sulfide) groups is 1. The van der Waals surface area contributed by atoms with Crippen LogP contribution in [0.1, 0.15) is 17.0 Å². The van der Waals surface area contributed by atoms with Gasteiger partial charge in [0.25, 0.3) is 5.56 Å². The molecule has 0 unspecified atom stereocenters. The Balaban J connectivity index is 1.50. The van der Waals surface area contributed by atoms with E-state index in [1.165, 1.54) is 29.2 Å². The number of fused-ring (bicyclic) bond motifs is 1. The van der Waals surface area contributed by atoms with Gasteiger partial charge in [0, 0.05) is 34.5 Å². The van der Waals surface area contributed by atoms with Crippen molar-refractivity contribution in [2.24, 2.45) is 0 Å². The number of hydrogen-bond acceptors (Lipinski definition) is 5. The van der Waals surface area contributed by atoms with E-state index in [1.807, 2.05) is 24.4 Å². The summed E-state index contributed by atoms with van der Waals surface area (Å²) >= 11 is 8.71. The normalized spacial score (nSPS) is 11.0. The van der Waals surface area contributed by atoms with Crippen molar-refractivity contribution in [3.63, 3.8) is 0 Å². The number of halogens is 1. The minimum Gasteiger partial charge on any atom is -0.351 e. The minimum atomic E-state index is -0.0773. The lowest BCUT2D eigenvalue weighted by molar-refractivity contribution is -0.118. The highest BCUT2D eigenvalue weighted by atomic mass is 35.5. The Bertz CT molecular complexity index is 951. The Kier molecular flexibility index (Phi) is 5.78. The molecule has 3 aromatic rings. The minimum absolute atomic E-state index is 0.0512. The first kappa shape index (κ1) is 18.0. The van der Waals surface area contributed by atoms with Crippen LogP contribution in [0.4, 0.5) is 0 Å². The van der Waals surface area contributed by atoms with Crippen LogP contribution >= 0.6 is 34.7 Å². The zero-order valence-electron chi connectivity index (χ0n) is 13.5. The third-order valence-electron chi connectivity index (χ3n) is 3.51. The topological polar surface area (TPSA) is 63.5 Å². The third kappa shape index (κ3) is 4.62. The largest absolute Gasteiger partial charge is 0.351 e. The molecular weight excluding hydrogens is 378 g/mol. The second-order valence-corrected chi connectivity index (χ2v) is 7.74. The molecular formula is C17H16ClN3O2S2. The Morgan fingerprint density at radius 2 is 2.12 bits per heavy atom. The molecule has 0 fully saturated rings. The van der Waals surface area contributed by atoms with Gasteiger partial charge in [0.2, 0.25) is 5.91 Å². The fourth-order valence-corrected chi connectivity index (χ4v) is 4.04. The van der Waals surface area contributed by atoms with Gasteiger partial charge in [-0.25, -0.2) is 4.98 Å². The summed E-state index contributed by atoms with van der Waals surface area (Å²) in [5, 5.41) is 5.44. The molecule has 0 spiro atoms. The number of carbonyl (C=O) groups is 1. The van der Waals surface area contributed by atoms with Gasteiger partial charge >= 0.3 is 0 Å². The van der Waals surface area contributed by atoms with Gasteiger partial charge in [-0.3, -0.25) is 14.0 Å². The van der Waals surface area contributed by atoms with Crippen molar-refractivity contribution in [3.05, 3.63) is 68.0 Å². The van der Waals surface area contributed by atoms with Crippen molar-refractivity contribution in [2.75, 3.05) is 5.75 Å². The van der Waals surface area contributed by atoms with Crippen LogP contribution in [0.2, 0.25) is 5.02 Å². The van der Waals surface area contributed by atoms with E-state index < -0.39 is 0 Å². The fourth-order valence-electron chi connectivity index (χ4n) is 2.28. The Morgan fingerprint density at radius 1 is 1.36 bits per heavy atom. The number of nitrogens with zero attached hydrogens (tertiary/aromatic N) is 2. The number of amides is 1. The van der Waals surface area contributed by atoms with E-state index in [4.69, 9.17) is 11.6 Å². The van der Waals surface area contributed by atoms with Crippen molar-refractivity contribution in [3.8, 4) is 0 Å². The van der Waals surface area contributed by atoms with E-state index in [0.717, 1.165) is 11.3 Å². The zero-order chi connectivity index (χ0) is 17.8. The van der Waals surface area contributed by atoms with Gasteiger partial charge in [0.1, 0.15) is 0 Å². The first-order valence-electron chi connectivity index (χ1n) is 7.58. The van der Waals surface area contributed by atoms with Gasteiger partial charge < -0.3 is 5.32 Å². The molecule has 25 heavy (non-hydrogen) atoms. The summed E-state index contributed by atoms with van der Waals surface area (Å²) in [5.74, 6) is 0.791. The Hall–Kier alpha value is -1.83. The van der Waals surface area contributed by atoms with Gasteiger partial charge in [0.05, 0.1) is 11.4 Å². The second-order valence-electron chi connectivity index (χ2n) is 5.48. The van der Waals surface area contributed by atoms with Crippen LogP contribution in [-0.2, 0) is 17.1 Å². The number of hydrogen-bond donors (Lipinski definition) is 1. The SMILES string of the molecule is Cc1csc2nc(CSCC(=O)NCc3ccc(Cl)cc3)cc(=O)n12. The van der Waals surface area contributed by atoms with Crippen molar-refractivity contribution >= 4 is 45.6 Å². The summed E-state index contributed by atoms with van der Waals surface area (Å²) in [6.07, 6.45) is 0. The molecule has 0 radical (unpaired) electrons. The van der Waals surface area contributed by atoms with Crippen molar-refractivity contribution in [1.29, 1.82) is 0 Å². The molecule has 2 aromatic heterocycles. The predicted octanol–water partition coefficient (Wildman–Crippen LogP) is 3.27. The lowest BCUT2D eigenvalue weighted by Gasteiger charge is -2.06. The molecule has 130 valence electrons. The molecule has 8 heteroatoms. The van der Waals surface area contributed by atoms with Gasteiger partial charge in [-0.1, -0.05) is 23.7 Å². The van der Waals surface area contributed by atoms with Crippen LogP contribution in [-0.4, -0.2) is 21.0 Å². The van der Waals surface area contributed by atoms with E-state index >= 15 is 0 Å². The summed E-state index contributed by atoms with van der Waals surface area (Å²) in [4.78, 5) is 29.2. The summed E-state index contributed by atoms with van der Waals surface area (Å²) < 4.78 is 1.59. The van der Waals surface area contributed by atoms with E-state index in [1.54, 1.807) is 16.5 Å². The van der Waals surface area contributed by atoms with Gasteiger partial charge in [-0.05, 0) is 24.6 Å². The highest BCUT2D eigenvalue weighted by molar-refractivity contribution is 7.99. The summed E-state index contributed by atoms with van der Waals surface area (Å²) in [7, 11) is 0. The molecule has 1 aromatic carbocycles. The zero-order valence-corrected chi connectivity index (χ0v) is 15.9. The highest BCUT2D eigenvalue weighted by Crippen LogP contribution is 2.15. The monoisotopic (exact) mass is 393 g/mol. The van der Waals surface area contributed by atoms with Crippen molar-refractivity contribution in [1.82, 2.24) is 14.7 Å². The van der Waals surface area contributed by atoms with Gasteiger partial charge in [-0.2, -0.15) is 0 Å². The van der Waals surface area contributed by atoms with Crippen LogP contribution < -0.4 is 10.9 Å². The molecule has 0 saturated carbocycles. The van der Waals surface area contributed by atoms with E-state index in [9.17, 15) is 9.59 Å². The number of aryl methyl sites for hydroxylation is 1. The Morgan fingerprint density at radius 3 is 2.88 bits per heavy atom. The fraction of sp³-hybridized carbons (Fsp3) is 0.235. The average Bonchev–Trinajstić information content (AvgIpc) is 2.96. The lowest BCUT2D eigenvalue weighted by atomic mass is 10.2. The van der Waals surface area contributed by atoms with E-state index in [2.05, 4.69) is 10.3 Å². The van der Waals surface area contributed by atoms with Crippen LogP contribution in [0.5, 0.6) is 0 Å². The predicted molar refractivity (Wildman–Crippen MR) is 104 cm³/mol. The molecule has 0 aliphatic heterocycles. The number of rotatable bonds is 6. The number of nitrogens with one attached hydrogen (secondary N) is 1. The first-order valence-corrected chi connectivity index (χ1v) is 10.00. The standard InChI is InChI=1S/C17H16ClN3O2S2/c1-11-8-25-17-20-14(6-16(23)21(11)17)9-24-10-15(22)19-7-12-2-4-13(18)5-3-12/h2-6,8H,7,9-10H2,1H3,(H,19,22). The molecule has 0 aliphatic carbocycles. The number of carbonyl (C=O) groups excluding carboxylic acids is 1. The van der Waals surface area contributed by atoms with Crippen LogP contribution in [0.25, 0.3) is 4.96 Å². The summed E-state index contributed by atoms with van der Waals surface area (Å²) in [5.41, 5.74) is 2.50.